The number of rotatable bonds is 6. The zero-order valence-electron chi connectivity index (χ0n) is 11.3. The molecule has 1 aromatic carbocycles. The van der Waals surface area contributed by atoms with Gasteiger partial charge in [0.2, 0.25) is 0 Å². The first-order valence-corrected chi connectivity index (χ1v) is 6.52. The molecule has 0 saturated heterocycles. The molecule has 5 heteroatoms. The van der Waals surface area contributed by atoms with Gasteiger partial charge >= 0.3 is 0 Å². The minimum absolute atomic E-state index is 0.257. The van der Waals surface area contributed by atoms with Gasteiger partial charge in [0.15, 0.2) is 0 Å². The monoisotopic (exact) mass is 260 g/mol. The molecule has 1 unspecified atom stereocenters. The van der Waals surface area contributed by atoms with Gasteiger partial charge < -0.3 is 10.4 Å². The average molecular weight is 260 g/mol. The molecule has 0 saturated carbocycles. The third-order valence-corrected chi connectivity index (χ3v) is 2.96. The molecule has 0 fully saturated rings. The Morgan fingerprint density at radius 2 is 2.00 bits per heavy atom. The van der Waals surface area contributed by atoms with E-state index in [0.29, 0.717) is 13.1 Å². The quantitative estimate of drug-likeness (QED) is 0.823. The van der Waals surface area contributed by atoms with E-state index in [1.807, 2.05) is 44.2 Å². The van der Waals surface area contributed by atoms with Crippen molar-refractivity contribution in [3.05, 3.63) is 42.2 Å². The fraction of sp³-hybridized carbons (Fsp3) is 0.429. The maximum absolute atomic E-state index is 9.68. The van der Waals surface area contributed by atoms with Gasteiger partial charge in [-0.15, -0.1) is 0 Å². The second kappa shape index (κ2) is 6.45. The number of nitrogens with zero attached hydrogens (tertiary/aromatic N) is 3. The summed E-state index contributed by atoms with van der Waals surface area (Å²) in [6.45, 7) is 5.17. The van der Waals surface area contributed by atoms with E-state index < -0.39 is 0 Å². The van der Waals surface area contributed by atoms with Gasteiger partial charge in [-0.3, -0.25) is 0 Å². The number of benzene rings is 1. The summed E-state index contributed by atoms with van der Waals surface area (Å²) in [7, 11) is 0. The fourth-order valence-corrected chi connectivity index (χ4v) is 1.65. The van der Waals surface area contributed by atoms with Crippen molar-refractivity contribution in [3.63, 3.8) is 0 Å². The van der Waals surface area contributed by atoms with Gasteiger partial charge in [0.1, 0.15) is 0 Å². The van der Waals surface area contributed by atoms with Crippen LogP contribution in [0.4, 0.5) is 0 Å². The fourth-order valence-electron chi connectivity index (χ4n) is 1.65. The summed E-state index contributed by atoms with van der Waals surface area (Å²) < 4.78 is 0. The average Bonchev–Trinajstić information content (AvgIpc) is 2.88. The Labute approximate surface area is 113 Å². The summed E-state index contributed by atoms with van der Waals surface area (Å²) in [5, 5.41) is 21.5. The van der Waals surface area contributed by atoms with Gasteiger partial charge in [0, 0.05) is 13.1 Å². The molecule has 0 aliphatic rings. The summed E-state index contributed by atoms with van der Waals surface area (Å²) in [5.41, 5.74) is 1.80. The number of hydrogen-bond acceptors (Lipinski definition) is 4. The summed E-state index contributed by atoms with van der Waals surface area (Å²) >= 11 is 0. The Hall–Kier alpha value is -1.72. The summed E-state index contributed by atoms with van der Waals surface area (Å²) in [4.78, 5) is 1.61. The van der Waals surface area contributed by atoms with Crippen molar-refractivity contribution in [1.82, 2.24) is 20.3 Å². The van der Waals surface area contributed by atoms with Crippen LogP contribution in [0.5, 0.6) is 0 Å². The summed E-state index contributed by atoms with van der Waals surface area (Å²) in [5.74, 6) is 0.257. The van der Waals surface area contributed by atoms with Gasteiger partial charge in [-0.2, -0.15) is 15.0 Å². The van der Waals surface area contributed by atoms with E-state index in [0.717, 1.165) is 11.4 Å². The molecule has 2 N–H and O–H groups in total. The highest BCUT2D eigenvalue weighted by molar-refractivity contribution is 5.28. The lowest BCUT2D eigenvalue weighted by atomic mass is 10.1. The zero-order valence-corrected chi connectivity index (χ0v) is 11.3. The maximum atomic E-state index is 9.68. The minimum Gasteiger partial charge on any atom is -0.392 e. The van der Waals surface area contributed by atoms with E-state index >= 15 is 0 Å². The van der Waals surface area contributed by atoms with Crippen LogP contribution in [0.3, 0.4) is 0 Å². The molecule has 2 rings (SSSR count). The lowest BCUT2D eigenvalue weighted by Crippen LogP contribution is -2.30. The Morgan fingerprint density at radius 1 is 1.26 bits per heavy atom. The van der Waals surface area contributed by atoms with Crippen LogP contribution in [0.25, 0.3) is 5.69 Å². The first kappa shape index (κ1) is 13.7. The highest BCUT2D eigenvalue weighted by Gasteiger charge is 2.08. The molecule has 102 valence electrons. The number of aliphatic hydroxyl groups is 1. The standard InChI is InChI=1S/C14H20N4O/c1-11(2)14(19)10-15-8-12-9-16-18(17-12)13-6-4-3-5-7-13/h3-7,9,11,14-15,19H,8,10H2,1-2H3. The first-order chi connectivity index (χ1) is 9.16. The Morgan fingerprint density at radius 3 is 2.68 bits per heavy atom. The molecule has 0 aliphatic heterocycles. The van der Waals surface area contributed by atoms with Crippen molar-refractivity contribution >= 4 is 0 Å². The first-order valence-electron chi connectivity index (χ1n) is 6.52. The van der Waals surface area contributed by atoms with Gasteiger partial charge in [0.25, 0.3) is 0 Å². The van der Waals surface area contributed by atoms with Crippen LogP contribution in [-0.2, 0) is 6.54 Å². The van der Waals surface area contributed by atoms with Gasteiger partial charge in [-0.1, -0.05) is 32.0 Å². The van der Waals surface area contributed by atoms with Crippen molar-refractivity contribution in [2.45, 2.75) is 26.5 Å². The largest absolute Gasteiger partial charge is 0.392 e. The third kappa shape index (κ3) is 3.87. The highest BCUT2D eigenvalue weighted by atomic mass is 16.3. The highest BCUT2D eigenvalue weighted by Crippen LogP contribution is 2.04. The second-order valence-corrected chi connectivity index (χ2v) is 4.90. The normalized spacial score (nSPS) is 12.8. The molecule has 0 spiro atoms. The molecule has 1 atom stereocenters. The smallest absolute Gasteiger partial charge is 0.0969 e. The molecule has 1 aromatic heterocycles. The Balaban J connectivity index is 1.88. The second-order valence-electron chi connectivity index (χ2n) is 4.90. The molecule has 0 bridgehead atoms. The molecule has 0 amide bonds. The van der Waals surface area contributed by atoms with E-state index in [4.69, 9.17) is 0 Å². The van der Waals surface area contributed by atoms with Crippen molar-refractivity contribution < 1.29 is 5.11 Å². The maximum Gasteiger partial charge on any atom is 0.0969 e. The Kier molecular flexibility index (Phi) is 4.65. The van der Waals surface area contributed by atoms with E-state index in [-0.39, 0.29) is 12.0 Å². The number of para-hydroxylation sites is 1. The van der Waals surface area contributed by atoms with Crippen molar-refractivity contribution in [3.8, 4) is 5.69 Å². The summed E-state index contributed by atoms with van der Waals surface area (Å²) in [6.07, 6.45) is 1.41. The van der Waals surface area contributed by atoms with E-state index in [2.05, 4.69) is 15.5 Å². The van der Waals surface area contributed by atoms with Crippen molar-refractivity contribution in [2.24, 2.45) is 5.92 Å². The van der Waals surface area contributed by atoms with Crippen LogP contribution in [0.15, 0.2) is 36.5 Å². The molecule has 1 heterocycles. The molecule has 5 nitrogen and oxygen atoms in total. The predicted octanol–water partition coefficient (Wildman–Crippen LogP) is 1.37. The summed E-state index contributed by atoms with van der Waals surface area (Å²) in [6, 6.07) is 9.79. The topological polar surface area (TPSA) is 63.0 Å². The van der Waals surface area contributed by atoms with Crippen LogP contribution >= 0.6 is 0 Å². The van der Waals surface area contributed by atoms with Crippen LogP contribution in [0.2, 0.25) is 0 Å². The lowest BCUT2D eigenvalue weighted by Gasteiger charge is -2.14. The number of nitrogens with one attached hydrogen (secondary N) is 1. The number of hydrogen-bond donors (Lipinski definition) is 2. The lowest BCUT2D eigenvalue weighted by molar-refractivity contribution is 0.123. The van der Waals surface area contributed by atoms with Crippen LogP contribution in [0, 0.1) is 5.92 Å². The minimum atomic E-state index is -0.329. The van der Waals surface area contributed by atoms with Crippen LogP contribution < -0.4 is 5.32 Å². The SMILES string of the molecule is CC(C)C(O)CNCc1cnn(-c2ccccc2)n1. The number of aliphatic hydroxyl groups excluding tert-OH is 1. The van der Waals surface area contributed by atoms with E-state index in [1.165, 1.54) is 0 Å². The molecule has 19 heavy (non-hydrogen) atoms. The van der Waals surface area contributed by atoms with E-state index in [9.17, 15) is 5.11 Å². The van der Waals surface area contributed by atoms with Crippen LogP contribution in [-0.4, -0.2) is 32.7 Å². The van der Waals surface area contributed by atoms with Crippen LogP contribution in [0.1, 0.15) is 19.5 Å². The molecule has 0 radical (unpaired) electrons. The Bertz CT molecular complexity index is 495. The van der Waals surface area contributed by atoms with Gasteiger partial charge in [0.05, 0.1) is 23.7 Å². The molecular formula is C14H20N4O. The van der Waals surface area contributed by atoms with Crippen molar-refractivity contribution in [2.75, 3.05) is 6.54 Å². The van der Waals surface area contributed by atoms with Gasteiger partial charge in [-0.25, -0.2) is 0 Å². The van der Waals surface area contributed by atoms with Crippen molar-refractivity contribution in [1.29, 1.82) is 0 Å². The van der Waals surface area contributed by atoms with E-state index in [1.54, 1.807) is 11.0 Å². The zero-order chi connectivity index (χ0) is 13.7. The predicted molar refractivity (Wildman–Crippen MR) is 73.9 cm³/mol. The molecular weight excluding hydrogens is 240 g/mol. The molecule has 2 aromatic rings. The number of aromatic nitrogens is 3. The third-order valence-electron chi connectivity index (χ3n) is 2.96. The molecule has 0 aliphatic carbocycles. The van der Waals surface area contributed by atoms with Gasteiger partial charge in [-0.05, 0) is 18.1 Å².